The third-order valence-corrected chi connectivity index (χ3v) is 13.6. The zero-order chi connectivity index (χ0) is 40.7. The van der Waals surface area contributed by atoms with Crippen LogP contribution in [-0.2, 0) is 18.6 Å². The summed E-state index contributed by atoms with van der Waals surface area (Å²) in [6.07, 6.45) is -5.80. The first-order chi connectivity index (χ1) is 25.4. The van der Waals surface area contributed by atoms with Gasteiger partial charge in [-0.1, -0.05) is 81.4 Å². The molecule has 0 aliphatic carbocycles. The summed E-state index contributed by atoms with van der Waals surface area (Å²) in [5.41, 5.74) is -2.57. The van der Waals surface area contributed by atoms with Crippen molar-refractivity contribution in [2.24, 2.45) is 0 Å². The minimum atomic E-state index is -3.03. The van der Waals surface area contributed by atoms with Crippen LogP contribution in [-0.4, -0.2) is 92.0 Å². The molecule has 1 saturated heterocycles. The summed E-state index contributed by atoms with van der Waals surface area (Å²) in [5.74, 6) is -0.473. The molecule has 0 spiro atoms. The predicted octanol–water partition coefficient (Wildman–Crippen LogP) is 5.88. The Hall–Kier alpha value is -4.41. The Kier molecular flexibility index (Phi) is 11.6. The van der Waals surface area contributed by atoms with Gasteiger partial charge in [-0.25, -0.2) is 14.6 Å². The maximum Gasteiger partial charge on any atom is 0.427 e. The minimum Gasteiger partial charge on any atom is -0.470 e. The van der Waals surface area contributed by atoms with Crippen molar-refractivity contribution in [3.8, 4) is 5.88 Å². The van der Waals surface area contributed by atoms with Gasteiger partial charge in [0.15, 0.2) is 17.4 Å². The van der Waals surface area contributed by atoms with Gasteiger partial charge in [0.05, 0.1) is 12.9 Å². The van der Waals surface area contributed by atoms with Crippen molar-refractivity contribution in [1.82, 2.24) is 19.5 Å². The Morgan fingerprint density at radius 1 is 0.764 bits per heavy atom. The number of aromatic nitrogens is 4. The first kappa shape index (κ1) is 41.7. The standard InChI is InChI=1S/C40H55N5O9Si/c1-37(2,3)52-32-28-31(42-34(43-32)45(35(48)53-38(4,5)6)36(49)54-39(7,8)9)44(24-41-28)33-30(47)29(46)27(51-33)23-50-55(40(10,11)12,25-19-15-13-16-20-25)26-21-17-14-18-22-26/h13-22,24,27,29-30,33,46-47H,23H2,1-12H3/t27-,29-,30-,33-/m1/s1. The third kappa shape index (κ3) is 9.18. The van der Waals surface area contributed by atoms with Crippen LogP contribution in [0.4, 0.5) is 15.5 Å². The molecule has 1 fully saturated rings. The van der Waals surface area contributed by atoms with E-state index in [0.29, 0.717) is 4.90 Å². The number of imide groups is 1. The van der Waals surface area contributed by atoms with Crippen molar-refractivity contribution in [3.63, 3.8) is 0 Å². The smallest absolute Gasteiger partial charge is 0.427 e. The number of benzene rings is 2. The summed E-state index contributed by atoms with van der Waals surface area (Å²) in [6, 6.07) is 20.1. The molecule has 1 aliphatic heterocycles. The fourth-order valence-corrected chi connectivity index (χ4v) is 11.0. The quantitative estimate of drug-likeness (QED) is 0.205. The summed E-state index contributed by atoms with van der Waals surface area (Å²) >= 11 is 0. The molecule has 15 heteroatoms. The molecule has 4 aromatic rings. The number of imidazole rings is 1. The number of hydrogen-bond acceptors (Lipinski definition) is 12. The maximum atomic E-state index is 13.6. The molecular formula is C40H55N5O9Si. The molecule has 0 unspecified atom stereocenters. The molecule has 2 aromatic heterocycles. The van der Waals surface area contributed by atoms with Gasteiger partial charge in [0.1, 0.15) is 35.1 Å². The van der Waals surface area contributed by atoms with Gasteiger partial charge >= 0.3 is 12.2 Å². The van der Waals surface area contributed by atoms with Gasteiger partial charge in [-0.05, 0) is 77.7 Å². The highest BCUT2D eigenvalue weighted by atomic mass is 28.4. The monoisotopic (exact) mass is 777 g/mol. The molecule has 1 aliphatic rings. The number of hydrogen-bond donors (Lipinski definition) is 2. The van der Waals surface area contributed by atoms with E-state index in [4.69, 9.17) is 23.4 Å². The molecule has 2 N–H and O–H groups in total. The number of anilines is 1. The number of carbonyl (C=O) groups is 2. The fourth-order valence-electron chi connectivity index (χ4n) is 6.45. The second-order valence-electron chi connectivity index (χ2n) is 17.7. The van der Waals surface area contributed by atoms with E-state index in [1.54, 1.807) is 62.3 Å². The third-order valence-electron chi connectivity index (χ3n) is 8.62. The summed E-state index contributed by atoms with van der Waals surface area (Å²) in [7, 11) is -3.03. The fraction of sp³-hybridized carbons (Fsp3) is 0.525. The van der Waals surface area contributed by atoms with Gasteiger partial charge in [-0.3, -0.25) is 4.57 Å². The number of amides is 2. The van der Waals surface area contributed by atoms with Gasteiger partial charge in [0.25, 0.3) is 8.32 Å². The Morgan fingerprint density at radius 2 is 1.27 bits per heavy atom. The minimum absolute atomic E-state index is 0.0433. The van der Waals surface area contributed by atoms with E-state index < -0.39 is 67.8 Å². The lowest BCUT2D eigenvalue weighted by molar-refractivity contribution is -0.0486. The van der Waals surface area contributed by atoms with Crippen molar-refractivity contribution in [2.45, 2.75) is 129 Å². The highest BCUT2D eigenvalue weighted by molar-refractivity contribution is 6.99. The molecular weight excluding hydrogens is 723 g/mol. The topological polar surface area (TPSA) is 168 Å². The van der Waals surface area contributed by atoms with Crippen molar-refractivity contribution < 1.29 is 43.2 Å². The second-order valence-corrected chi connectivity index (χ2v) is 22.0. The lowest BCUT2D eigenvalue weighted by Crippen LogP contribution is -2.67. The normalized spacial score (nSPS) is 19.7. The number of aliphatic hydroxyl groups is 2. The molecule has 0 saturated carbocycles. The molecule has 55 heavy (non-hydrogen) atoms. The van der Waals surface area contributed by atoms with E-state index in [1.165, 1.54) is 10.9 Å². The zero-order valence-electron chi connectivity index (χ0n) is 33.9. The molecule has 2 amide bonds. The van der Waals surface area contributed by atoms with Gasteiger partial charge in [-0.15, -0.1) is 4.90 Å². The Morgan fingerprint density at radius 3 is 1.73 bits per heavy atom. The van der Waals surface area contributed by atoms with Gasteiger partial charge in [0.2, 0.25) is 11.8 Å². The molecule has 0 bridgehead atoms. The molecule has 4 atom stereocenters. The molecule has 14 nitrogen and oxygen atoms in total. The Labute approximate surface area is 323 Å². The van der Waals surface area contributed by atoms with E-state index in [-0.39, 0.29) is 28.7 Å². The summed E-state index contributed by atoms with van der Waals surface area (Å²) in [4.78, 5) is 41.4. The summed E-state index contributed by atoms with van der Waals surface area (Å²) < 4.78 is 32.2. The highest BCUT2D eigenvalue weighted by Crippen LogP contribution is 2.39. The molecule has 5 rings (SSSR count). The number of carbonyl (C=O) groups excluding carboxylic acids is 2. The van der Waals surface area contributed by atoms with Crippen molar-refractivity contribution in [1.29, 1.82) is 0 Å². The number of nitrogens with zero attached hydrogens (tertiary/aromatic N) is 5. The predicted molar refractivity (Wildman–Crippen MR) is 210 cm³/mol. The number of rotatable bonds is 8. The maximum absolute atomic E-state index is 13.6. The first-order valence-corrected chi connectivity index (χ1v) is 20.3. The van der Waals surface area contributed by atoms with Crippen LogP contribution in [0.25, 0.3) is 11.2 Å². The van der Waals surface area contributed by atoms with Crippen LogP contribution in [0.5, 0.6) is 5.88 Å². The van der Waals surface area contributed by atoms with Crippen LogP contribution < -0.4 is 20.0 Å². The molecule has 3 heterocycles. The number of aliphatic hydroxyl groups excluding tert-OH is 2. The van der Waals surface area contributed by atoms with Crippen LogP contribution in [0, 0.1) is 0 Å². The van der Waals surface area contributed by atoms with Crippen LogP contribution in [0.2, 0.25) is 5.04 Å². The van der Waals surface area contributed by atoms with E-state index >= 15 is 0 Å². The van der Waals surface area contributed by atoms with Crippen molar-refractivity contribution in [3.05, 3.63) is 67.0 Å². The Bertz CT molecular complexity index is 1900. The SMILES string of the molecule is CC(C)(C)OC(=O)N(C(=O)OC(C)(C)C)c1nc(OC(C)(C)C)c2ncn([C@@H]3O[C@H](CO[Si](c4ccccc4)(c4ccccc4)C(C)(C)C)[C@@H](O)[C@H]3O)c2n1. The molecule has 0 radical (unpaired) electrons. The van der Waals surface area contributed by atoms with Crippen molar-refractivity contribution in [2.75, 3.05) is 11.5 Å². The van der Waals surface area contributed by atoms with Gasteiger partial charge in [-0.2, -0.15) is 9.97 Å². The van der Waals surface area contributed by atoms with E-state index in [9.17, 15) is 19.8 Å². The average Bonchev–Trinajstić information content (AvgIpc) is 3.59. The summed E-state index contributed by atoms with van der Waals surface area (Å²) in [6.45, 7) is 21.7. The van der Waals surface area contributed by atoms with Crippen molar-refractivity contribution >= 4 is 48.0 Å². The zero-order valence-corrected chi connectivity index (χ0v) is 34.9. The van der Waals surface area contributed by atoms with Crippen LogP contribution in [0.15, 0.2) is 67.0 Å². The first-order valence-electron chi connectivity index (χ1n) is 18.4. The second kappa shape index (κ2) is 15.3. The highest BCUT2D eigenvalue weighted by Gasteiger charge is 2.52. The molecule has 2 aromatic carbocycles. The molecule has 298 valence electrons. The van der Waals surface area contributed by atoms with Crippen LogP contribution in [0.3, 0.4) is 0 Å². The largest absolute Gasteiger partial charge is 0.470 e. The Balaban J connectivity index is 1.57. The lowest BCUT2D eigenvalue weighted by atomic mass is 10.1. The van der Waals surface area contributed by atoms with Gasteiger partial charge < -0.3 is 33.6 Å². The van der Waals surface area contributed by atoms with E-state index in [2.05, 4.69) is 60.0 Å². The van der Waals surface area contributed by atoms with Crippen LogP contribution in [0.1, 0.15) is 89.3 Å². The lowest BCUT2D eigenvalue weighted by Gasteiger charge is -2.43. The van der Waals surface area contributed by atoms with Gasteiger partial charge in [0, 0.05) is 0 Å². The number of fused-ring (bicyclic) bond motifs is 1. The summed E-state index contributed by atoms with van der Waals surface area (Å²) in [5, 5.41) is 24.8. The van der Waals surface area contributed by atoms with Crippen LogP contribution >= 0.6 is 0 Å². The van der Waals surface area contributed by atoms with E-state index in [0.717, 1.165) is 10.4 Å². The average molecular weight is 778 g/mol. The van der Waals surface area contributed by atoms with E-state index in [1.807, 2.05) is 36.4 Å². The number of ether oxygens (including phenoxy) is 4.